The Morgan fingerprint density at radius 3 is 1.07 bits per heavy atom. The zero-order valence-electron chi connectivity index (χ0n) is 12.3. The highest BCUT2D eigenvalue weighted by molar-refractivity contribution is 5.34. The van der Waals surface area contributed by atoms with Gasteiger partial charge in [0.15, 0.2) is 5.83 Å². The van der Waals surface area contributed by atoms with Gasteiger partial charge >= 0.3 is 42.2 Å². The second kappa shape index (κ2) is 6.79. The summed E-state index contributed by atoms with van der Waals surface area (Å²) in [7, 11) is -0.806. The molecule has 0 aromatic carbocycles. The molecule has 0 saturated heterocycles. The van der Waals surface area contributed by atoms with Crippen LogP contribution in [0.25, 0.3) is 0 Å². The van der Waals surface area contributed by atoms with Gasteiger partial charge in [-0.15, -0.1) is 0 Å². The van der Waals surface area contributed by atoms with Gasteiger partial charge in [0.1, 0.15) is 5.57 Å². The molecule has 28 heavy (non-hydrogen) atoms. The average molecular weight is 462 g/mol. The van der Waals surface area contributed by atoms with E-state index in [1.807, 2.05) is 0 Å². The van der Waals surface area contributed by atoms with Crippen molar-refractivity contribution in [2.75, 3.05) is 7.11 Å². The summed E-state index contributed by atoms with van der Waals surface area (Å²) in [5.74, 6) is -20.1. The SMILES string of the molecule is COC(F)(C(=C(F)C(F)(C(F)(F)F)C(F)(F)F)C(F)(F)F)C(F)(F)C(F)(F)F. The van der Waals surface area contributed by atoms with Gasteiger partial charge in [0.25, 0.3) is 0 Å². The number of rotatable bonds is 4. The van der Waals surface area contributed by atoms with E-state index in [0.717, 1.165) is 0 Å². The van der Waals surface area contributed by atoms with E-state index < -0.39 is 60.7 Å². The van der Waals surface area contributed by atoms with Crippen molar-refractivity contribution in [3.05, 3.63) is 11.4 Å². The summed E-state index contributed by atoms with van der Waals surface area (Å²) in [6, 6.07) is 0. The molecular weight excluding hydrogens is 459 g/mol. The van der Waals surface area contributed by atoms with Gasteiger partial charge < -0.3 is 4.74 Å². The van der Waals surface area contributed by atoms with Crippen LogP contribution < -0.4 is 0 Å². The molecule has 0 amide bonds. The first-order valence-corrected chi connectivity index (χ1v) is 5.83. The highest BCUT2D eigenvalue weighted by atomic mass is 19.4. The van der Waals surface area contributed by atoms with Gasteiger partial charge in [-0.05, 0) is 0 Å². The van der Waals surface area contributed by atoms with Gasteiger partial charge in [-0.2, -0.15) is 65.9 Å². The molecule has 0 aliphatic rings. The van der Waals surface area contributed by atoms with Crippen molar-refractivity contribution in [3.63, 3.8) is 0 Å². The summed E-state index contributed by atoms with van der Waals surface area (Å²) < 4.78 is 218. The summed E-state index contributed by atoms with van der Waals surface area (Å²) in [5.41, 5.74) is -13.0. The average Bonchev–Trinajstić information content (AvgIpc) is 2.40. The first-order valence-electron chi connectivity index (χ1n) is 5.83. The zero-order valence-corrected chi connectivity index (χ0v) is 12.3. The van der Waals surface area contributed by atoms with Crippen LogP contribution in [0.1, 0.15) is 0 Å². The fourth-order valence-electron chi connectivity index (χ4n) is 1.60. The van der Waals surface area contributed by atoms with Crippen LogP contribution in [0.4, 0.5) is 74.6 Å². The van der Waals surface area contributed by atoms with Crippen LogP contribution in [0.15, 0.2) is 11.4 Å². The lowest BCUT2D eigenvalue weighted by Gasteiger charge is -2.37. The predicted molar refractivity (Wildman–Crippen MR) is 52.0 cm³/mol. The van der Waals surface area contributed by atoms with Crippen molar-refractivity contribution in [3.8, 4) is 0 Å². The highest BCUT2D eigenvalue weighted by Crippen LogP contribution is 2.59. The lowest BCUT2D eigenvalue weighted by Crippen LogP contribution is -2.61. The van der Waals surface area contributed by atoms with E-state index >= 15 is 0 Å². The Kier molecular flexibility index (Phi) is 6.43. The molecule has 0 bridgehead atoms. The summed E-state index contributed by atoms with van der Waals surface area (Å²) in [6.45, 7) is 0. The number of alkyl halides is 16. The fourth-order valence-corrected chi connectivity index (χ4v) is 1.60. The molecule has 0 aromatic rings. The van der Waals surface area contributed by atoms with E-state index in [0.29, 0.717) is 0 Å². The molecule has 0 aliphatic heterocycles. The first-order chi connectivity index (χ1) is 11.8. The largest absolute Gasteiger partial charge is 0.459 e. The van der Waals surface area contributed by atoms with Gasteiger partial charge in [0.05, 0.1) is 0 Å². The third kappa shape index (κ3) is 3.83. The maximum atomic E-state index is 13.9. The lowest BCUT2D eigenvalue weighted by molar-refractivity contribution is -0.376. The Morgan fingerprint density at radius 2 is 0.893 bits per heavy atom. The molecule has 0 saturated carbocycles. The van der Waals surface area contributed by atoms with E-state index in [1.54, 1.807) is 0 Å². The Morgan fingerprint density at radius 1 is 0.571 bits per heavy atom. The number of halogens is 17. The number of allylic oxidation sites excluding steroid dienone is 1. The van der Waals surface area contributed by atoms with E-state index in [1.165, 1.54) is 0 Å². The Balaban J connectivity index is 7.55. The Labute approximate surface area is 141 Å². The monoisotopic (exact) mass is 462 g/mol. The maximum Gasteiger partial charge on any atom is 0.459 e. The normalized spacial score (nSPS) is 18.6. The Bertz CT molecular complexity index is 587. The summed E-state index contributed by atoms with van der Waals surface area (Å²) in [6.07, 6.45) is -30.4. The van der Waals surface area contributed by atoms with Crippen LogP contribution in [0.2, 0.25) is 0 Å². The highest BCUT2D eigenvalue weighted by Gasteiger charge is 2.82. The minimum Gasteiger partial charge on any atom is -0.341 e. The number of methoxy groups -OCH3 is 1. The second-order valence-corrected chi connectivity index (χ2v) is 4.71. The minimum absolute atomic E-state index is 0.806. The lowest BCUT2D eigenvalue weighted by atomic mass is 9.91. The van der Waals surface area contributed by atoms with Crippen molar-refractivity contribution in [2.24, 2.45) is 0 Å². The molecule has 0 spiro atoms. The summed E-state index contributed by atoms with van der Waals surface area (Å²) >= 11 is 0. The summed E-state index contributed by atoms with van der Waals surface area (Å²) in [4.78, 5) is 0. The molecule has 0 heterocycles. The van der Waals surface area contributed by atoms with Crippen molar-refractivity contribution < 1.29 is 79.4 Å². The van der Waals surface area contributed by atoms with Crippen molar-refractivity contribution in [2.45, 2.75) is 42.2 Å². The van der Waals surface area contributed by atoms with Crippen LogP contribution in [-0.4, -0.2) is 49.3 Å². The van der Waals surface area contributed by atoms with Gasteiger partial charge in [-0.1, -0.05) is 0 Å². The van der Waals surface area contributed by atoms with E-state index in [4.69, 9.17) is 0 Å². The minimum atomic E-state index is -7.82. The molecule has 1 atom stereocenters. The van der Waals surface area contributed by atoms with E-state index in [9.17, 15) is 74.6 Å². The van der Waals surface area contributed by atoms with Gasteiger partial charge in [-0.3, -0.25) is 0 Å². The van der Waals surface area contributed by atoms with Crippen molar-refractivity contribution in [1.29, 1.82) is 0 Å². The maximum absolute atomic E-state index is 13.9. The smallest absolute Gasteiger partial charge is 0.341 e. The van der Waals surface area contributed by atoms with E-state index in [-0.39, 0.29) is 0 Å². The topological polar surface area (TPSA) is 9.23 Å². The molecule has 0 aliphatic carbocycles. The van der Waals surface area contributed by atoms with Gasteiger partial charge in [-0.25, -0.2) is 8.78 Å². The fraction of sp³-hybridized carbons (Fsp3) is 0.800. The molecule has 0 N–H and O–H groups in total. The molecule has 0 rings (SSSR count). The standard InChI is InChI=1S/C10H3F17O/c1-28-5(13,7(17,18)10(25,26)27)2(6(14,15)16)3(11)4(12,8(19,20)21)9(22,23)24/h1H3. The molecular formula is C10H3F17O. The molecule has 0 aromatic heterocycles. The zero-order chi connectivity index (χ0) is 23.4. The molecule has 18 heteroatoms. The van der Waals surface area contributed by atoms with E-state index in [2.05, 4.69) is 4.74 Å². The molecule has 0 radical (unpaired) electrons. The van der Waals surface area contributed by atoms with Crippen LogP contribution >= 0.6 is 0 Å². The van der Waals surface area contributed by atoms with Gasteiger partial charge in [0, 0.05) is 7.11 Å². The molecule has 0 fully saturated rings. The third-order valence-corrected chi connectivity index (χ3v) is 2.95. The van der Waals surface area contributed by atoms with Crippen LogP contribution in [0.5, 0.6) is 0 Å². The van der Waals surface area contributed by atoms with Crippen LogP contribution in [0.3, 0.4) is 0 Å². The second-order valence-electron chi connectivity index (χ2n) is 4.71. The number of ether oxygens (including phenoxy) is 1. The predicted octanol–water partition coefficient (Wildman–Crippen LogP) is 6.12. The van der Waals surface area contributed by atoms with Crippen molar-refractivity contribution in [1.82, 2.24) is 0 Å². The Hall–Kier alpha value is -1.49. The molecule has 1 nitrogen and oxygen atoms in total. The third-order valence-electron chi connectivity index (χ3n) is 2.95. The van der Waals surface area contributed by atoms with Crippen LogP contribution in [0, 0.1) is 0 Å². The first kappa shape index (κ1) is 26.5. The number of hydrogen-bond acceptors (Lipinski definition) is 1. The van der Waals surface area contributed by atoms with Crippen LogP contribution in [-0.2, 0) is 4.74 Å². The van der Waals surface area contributed by atoms with Crippen molar-refractivity contribution >= 4 is 0 Å². The number of hydrogen-bond donors (Lipinski definition) is 0. The summed E-state index contributed by atoms with van der Waals surface area (Å²) in [5, 5.41) is 0. The molecule has 168 valence electrons. The van der Waals surface area contributed by atoms with Gasteiger partial charge in [0.2, 0.25) is 0 Å². The molecule has 1 unspecified atom stereocenters. The quantitative estimate of drug-likeness (QED) is 0.458.